The summed E-state index contributed by atoms with van der Waals surface area (Å²) < 4.78 is 0. The largest absolute Gasteiger partial charge is 0.396 e. The highest BCUT2D eigenvalue weighted by molar-refractivity contribution is 7.12. The molecule has 0 spiro atoms. The smallest absolute Gasteiger partial charge is 0.149 e. The Morgan fingerprint density at radius 1 is 1.28 bits per heavy atom. The second-order valence-corrected chi connectivity index (χ2v) is 6.15. The molecule has 4 heteroatoms. The molecular weight excluding hydrogens is 242 g/mol. The number of nitrogens with one attached hydrogen (secondary N) is 1. The summed E-state index contributed by atoms with van der Waals surface area (Å²) in [4.78, 5) is 7.03. The Hall–Kier alpha value is -1.55. The van der Waals surface area contributed by atoms with E-state index in [0.717, 1.165) is 11.4 Å². The number of anilines is 2. The first kappa shape index (κ1) is 12.9. The predicted molar refractivity (Wildman–Crippen MR) is 79.2 cm³/mol. The van der Waals surface area contributed by atoms with Crippen molar-refractivity contribution in [3.8, 4) is 0 Å². The molecule has 2 aromatic rings. The molecule has 0 saturated carbocycles. The summed E-state index contributed by atoms with van der Waals surface area (Å²) in [6.45, 7) is 8.40. The van der Waals surface area contributed by atoms with Crippen LogP contribution in [0.2, 0.25) is 0 Å². The Labute approximate surface area is 112 Å². The van der Waals surface area contributed by atoms with E-state index in [4.69, 9.17) is 5.73 Å². The topological polar surface area (TPSA) is 50.9 Å². The Bertz CT molecular complexity index is 560. The van der Waals surface area contributed by atoms with Gasteiger partial charge in [-0.2, -0.15) is 0 Å². The van der Waals surface area contributed by atoms with Crippen molar-refractivity contribution in [1.29, 1.82) is 0 Å². The van der Waals surface area contributed by atoms with Gasteiger partial charge in [-0.1, -0.05) is 0 Å². The van der Waals surface area contributed by atoms with E-state index >= 15 is 0 Å². The number of aromatic nitrogens is 1. The van der Waals surface area contributed by atoms with Gasteiger partial charge in [-0.25, -0.2) is 4.98 Å². The minimum atomic E-state index is 0.215. The van der Waals surface area contributed by atoms with Crippen molar-refractivity contribution < 1.29 is 0 Å². The van der Waals surface area contributed by atoms with Crippen LogP contribution in [0, 0.1) is 20.8 Å². The minimum Gasteiger partial charge on any atom is -0.396 e. The number of nitrogen functional groups attached to an aromatic ring is 1. The van der Waals surface area contributed by atoms with E-state index in [9.17, 15) is 0 Å². The van der Waals surface area contributed by atoms with Gasteiger partial charge in [0.15, 0.2) is 0 Å². The van der Waals surface area contributed by atoms with Crippen LogP contribution in [0.25, 0.3) is 0 Å². The van der Waals surface area contributed by atoms with Crippen molar-refractivity contribution in [2.45, 2.75) is 33.7 Å². The maximum Gasteiger partial charge on any atom is 0.149 e. The zero-order chi connectivity index (χ0) is 13.3. The summed E-state index contributed by atoms with van der Waals surface area (Å²) >= 11 is 1.82. The number of hydrogen-bond donors (Lipinski definition) is 2. The molecule has 0 aromatic carbocycles. The van der Waals surface area contributed by atoms with Crippen LogP contribution >= 0.6 is 11.3 Å². The van der Waals surface area contributed by atoms with Crippen molar-refractivity contribution in [2.75, 3.05) is 11.1 Å². The highest BCUT2D eigenvalue weighted by atomic mass is 32.1. The third-order valence-electron chi connectivity index (χ3n) is 2.95. The van der Waals surface area contributed by atoms with Gasteiger partial charge in [0.2, 0.25) is 0 Å². The summed E-state index contributed by atoms with van der Waals surface area (Å²) in [5, 5.41) is 3.38. The monoisotopic (exact) mass is 261 g/mol. The van der Waals surface area contributed by atoms with Crippen molar-refractivity contribution in [1.82, 2.24) is 4.98 Å². The normalized spacial score (nSPS) is 12.4. The van der Waals surface area contributed by atoms with Crippen LogP contribution in [0.15, 0.2) is 18.3 Å². The summed E-state index contributed by atoms with van der Waals surface area (Å²) in [6, 6.07) is 4.38. The number of rotatable bonds is 3. The molecule has 1 atom stereocenters. The summed E-state index contributed by atoms with van der Waals surface area (Å²) in [6.07, 6.45) is 1.83. The predicted octanol–water partition coefficient (Wildman–Crippen LogP) is 3.82. The van der Waals surface area contributed by atoms with E-state index in [0.29, 0.717) is 5.69 Å². The van der Waals surface area contributed by atoms with Crippen LogP contribution in [0.1, 0.15) is 33.8 Å². The zero-order valence-corrected chi connectivity index (χ0v) is 12.1. The van der Waals surface area contributed by atoms with Crippen molar-refractivity contribution >= 4 is 22.8 Å². The highest BCUT2D eigenvalue weighted by Crippen LogP contribution is 2.29. The highest BCUT2D eigenvalue weighted by Gasteiger charge is 2.12. The third kappa shape index (κ3) is 2.64. The van der Waals surface area contributed by atoms with Gasteiger partial charge in [0.05, 0.1) is 11.7 Å². The molecule has 0 radical (unpaired) electrons. The maximum absolute atomic E-state index is 5.97. The molecule has 18 heavy (non-hydrogen) atoms. The van der Waals surface area contributed by atoms with Crippen LogP contribution in [-0.4, -0.2) is 4.98 Å². The second-order valence-electron chi connectivity index (χ2n) is 4.69. The molecule has 0 bridgehead atoms. The molecule has 0 aliphatic rings. The average Bonchev–Trinajstić information content (AvgIpc) is 2.62. The third-order valence-corrected chi connectivity index (χ3v) is 3.93. The molecule has 0 fully saturated rings. The molecule has 0 amide bonds. The summed E-state index contributed by atoms with van der Waals surface area (Å²) in [7, 11) is 0. The van der Waals surface area contributed by atoms with Crippen molar-refractivity contribution in [3.63, 3.8) is 0 Å². The Kier molecular flexibility index (Phi) is 3.57. The van der Waals surface area contributed by atoms with Gasteiger partial charge >= 0.3 is 0 Å². The molecule has 0 aliphatic carbocycles. The Morgan fingerprint density at radius 2 is 2.00 bits per heavy atom. The van der Waals surface area contributed by atoms with Gasteiger partial charge in [0.25, 0.3) is 0 Å². The molecule has 1 unspecified atom stereocenters. The first-order valence-electron chi connectivity index (χ1n) is 6.03. The van der Waals surface area contributed by atoms with Gasteiger partial charge in [-0.3, -0.25) is 0 Å². The number of thiophene rings is 1. The molecule has 0 aliphatic heterocycles. The van der Waals surface area contributed by atoms with E-state index in [-0.39, 0.29) is 6.04 Å². The quantitative estimate of drug-likeness (QED) is 0.883. The standard InChI is InChI=1S/C14H19N3S/c1-8-5-13(15)14(16-7-8)17-10(3)12-6-9(2)18-11(12)4/h5-7,10H,15H2,1-4H3,(H,16,17). The van der Waals surface area contributed by atoms with Crippen LogP contribution in [0.4, 0.5) is 11.5 Å². The molecule has 3 N–H and O–H groups in total. The molecule has 2 heterocycles. The number of aryl methyl sites for hydroxylation is 3. The van der Waals surface area contributed by atoms with Crippen LogP contribution in [0.3, 0.4) is 0 Å². The number of nitrogens with zero attached hydrogens (tertiary/aromatic N) is 1. The fraction of sp³-hybridized carbons (Fsp3) is 0.357. The molecule has 0 saturated heterocycles. The maximum atomic E-state index is 5.97. The lowest BCUT2D eigenvalue weighted by molar-refractivity contribution is 0.872. The zero-order valence-electron chi connectivity index (χ0n) is 11.2. The lowest BCUT2D eigenvalue weighted by atomic mass is 10.1. The van der Waals surface area contributed by atoms with Crippen LogP contribution in [0.5, 0.6) is 0 Å². The molecule has 96 valence electrons. The van der Waals surface area contributed by atoms with Crippen molar-refractivity contribution in [3.05, 3.63) is 39.2 Å². The number of nitrogens with two attached hydrogens (primary N) is 1. The fourth-order valence-electron chi connectivity index (χ4n) is 2.08. The molecule has 2 aromatic heterocycles. The minimum absolute atomic E-state index is 0.215. The molecule has 2 rings (SSSR count). The van der Waals surface area contributed by atoms with Gasteiger partial charge in [0, 0.05) is 16.0 Å². The van der Waals surface area contributed by atoms with E-state index < -0.39 is 0 Å². The molecular formula is C14H19N3S. The van der Waals surface area contributed by atoms with Gasteiger partial charge < -0.3 is 11.1 Å². The van der Waals surface area contributed by atoms with Crippen molar-refractivity contribution in [2.24, 2.45) is 0 Å². The number of hydrogen-bond acceptors (Lipinski definition) is 4. The lowest BCUT2D eigenvalue weighted by Gasteiger charge is -2.16. The van der Waals surface area contributed by atoms with Gasteiger partial charge in [0.1, 0.15) is 5.82 Å². The molecule has 3 nitrogen and oxygen atoms in total. The lowest BCUT2D eigenvalue weighted by Crippen LogP contribution is -2.10. The first-order valence-corrected chi connectivity index (χ1v) is 6.84. The van der Waals surface area contributed by atoms with E-state index in [2.05, 4.69) is 37.1 Å². The van der Waals surface area contributed by atoms with E-state index in [1.807, 2.05) is 30.5 Å². The average molecular weight is 261 g/mol. The van der Waals surface area contributed by atoms with Crippen LogP contribution < -0.4 is 11.1 Å². The van der Waals surface area contributed by atoms with Gasteiger partial charge in [-0.05, 0) is 51.0 Å². The fourth-order valence-corrected chi connectivity index (χ4v) is 3.10. The SMILES string of the molecule is Cc1cnc(NC(C)c2cc(C)sc2C)c(N)c1. The Balaban J connectivity index is 2.21. The van der Waals surface area contributed by atoms with E-state index in [1.54, 1.807) is 0 Å². The van der Waals surface area contributed by atoms with Gasteiger partial charge in [-0.15, -0.1) is 11.3 Å². The summed E-state index contributed by atoms with van der Waals surface area (Å²) in [5.74, 6) is 0.761. The first-order chi connectivity index (χ1) is 8.47. The second kappa shape index (κ2) is 4.98. The van der Waals surface area contributed by atoms with Crippen LogP contribution in [-0.2, 0) is 0 Å². The summed E-state index contributed by atoms with van der Waals surface area (Å²) in [5.41, 5.74) is 9.06. The van der Waals surface area contributed by atoms with E-state index in [1.165, 1.54) is 15.3 Å². The number of pyridine rings is 1. The Morgan fingerprint density at radius 3 is 2.56 bits per heavy atom.